The van der Waals surface area contributed by atoms with Crippen molar-refractivity contribution in [3.05, 3.63) is 23.8 Å². The highest BCUT2D eigenvalue weighted by Crippen LogP contribution is 2.40. The fourth-order valence-electron chi connectivity index (χ4n) is 3.47. The molecule has 0 aromatic heterocycles. The van der Waals surface area contributed by atoms with E-state index in [4.69, 9.17) is 4.74 Å². The Kier molecular flexibility index (Phi) is 3.97. The van der Waals surface area contributed by atoms with Gasteiger partial charge in [-0.3, -0.25) is 0 Å². The van der Waals surface area contributed by atoms with Crippen molar-refractivity contribution in [2.45, 2.75) is 50.0 Å². The zero-order valence-electron chi connectivity index (χ0n) is 12.7. The van der Waals surface area contributed by atoms with E-state index in [2.05, 4.69) is 0 Å². The van der Waals surface area contributed by atoms with E-state index in [0.29, 0.717) is 23.1 Å². The van der Waals surface area contributed by atoms with Gasteiger partial charge in [0.05, 0.1) is 7.11 Å². The third-order valence-electron chi connectivity index (χ3n) is 4.85. The highest BCUT2D eigenvalue weighted by atomic mass is 32.2. The lowest BCUT2D eigenvalue weighted by Gasteiger charge is -2.36. The molecule has 116 valence electrons. The molecule has 5 heteroatoms. The lowest BCUT2D eigenvalue weighted by molar-refractivity contribution is 0.191. The molecule has 1 atom stereocenters. The molecule has 1 aromatic rings. The number of hydrogen-bond acceptors (Lipinski definition) is 3. The molecule has 1 aliphatic carbocycles. The van der Waals surface area contributed by atoms with Crippen LogP contribution in [0.15, 0.2) is 23.1 Å². The van der Waals surface area contributed by atoms with Crippen LogP contribution in [0.4, 0.5) is 0 Å². The Bertz CT molecular complexity index is 622. The van der Waals surface area contributed by atoms with Crippen LogP contribution in [0.25, 0.3) is 0 Å². The van der Waals surface area contributed by atoms with Crippen molar-refractivity contribution in [1.29, 1.82) is 0 Å². The second kappa shape index (κ2) is 5.61. The lowest BCUT2D eigenvalue weighted by Crippen LogP contribution is -2.42. The van der Waals surface area contributed by atoms with Gasteiger partial charge in [-0.15, -0.1) is 0 Å². The monoisotopic (exact) mass is 309 g/mol. The van der Waals surface area contributed by atoms with E-state index in [1.165, 1.54) is 26.4 Å². The first-order valence-electron chi connectivity index (χ1n) is 7.70. The number of ether oxygens (including phenoxy) is 1. The Morgan fingerprint density at radius 1 is 1.19 bits per heavy atom. The van der Waals surface area contributed by atoms with E-state index in [9.17, 15) is 8.42 Å². The van der Waals surface area contributed by atoms with Gasteiger partial charge in [0.1, 0.15) is 10.6 Å². The summed E-state index contributed by atoms with van der Waals surface area (Å²) in [7, 11) is -1.94. The van der Waals surface area contributed by atoms with Gasteiger partial charge in [0, 0.05) is 12.6 Å². The molecular formula is C16H23NO3S. The maximum Gasteiger partial charge on any atom is 0.247 e. The van der Waals surface area contributed by atoms with Crippen molar-refractivity contribution in [2.75, 3.05) is 13.7 Å². The van der Waals surface area contributed by atoms with Crippen LogP contribution >= 0.6 is 0 Å². The van der Waals surface area contributed by atoms with Crippen LogP contribution in [0.3, 0.4) is 0 Å². The molecule has 1 heterocycles. The van der Waals surface area contributed by atoms with Crippen LogP contribution in [-0.2, 0) is 10.0 Å². The van der Waals surface area contributed by atoms with Gasteiger partial charge in [-0.25, -0.2) is 8.42 Å². The fourth-order valence-corrected chi connectivity index (χ4v) is 5.47. The van der Waals surface area contributed by atoms with Gasteiger partial charge < -0.3 is 4.74 Å². The Morgan fingerprint density at radius 2 is 1.95 bits per heavy atom. The largest absolute Gasteiger partial charge is 0.495 e. The molecule has 0 bridgehead atoms. The molecule has 1 aromatic carbocycles. The van der Waals surface area contributed by atoms with E-state index >= 15 is 0 Å². The number of methoxy groups -OCH3 is 1. The first-order valence-corrected chi connectivity index (χ1v) is 9.14. The predicted molar refractivity (Wildman–Crippen MR) is 82.0 cm³/mol. The van der Waals surface area contributed by atoms with Crippen molar-refractivity contribution in [2.24, 2.45) is 5.92 Å². The van der Waals surface area contributed by atoms with Gasteiger partial charge in [-0.05, 0) is 56.2 Å². The van der Waals surface area contributed by atoms with Crippen molar-refractivity contribution < 1.29 is 13.2 Å². The summed E-state index contributed by atoms with van der Waals surface area (Å²) >= 11 is 0. The van der Waals surface area contributed by atoms with E-state index in [0.717, 1.165) is 18.4 Å². The molecule has 21 heavy (non-hydrogen) atoms. The van der Waals surface area contributed by atoms with Crippen LogP contribution in [0.2, 0.25) is 0 Å². The average molecular weight is 309 g/mol. The molecule has 2 fully saturated rings. The molecule has 0 amide bonds. The van der Waals surface area contributed by atoms with E-state index in [1.54, 1.807) is 16.4 Å². The first kappa shape index (κ1) is 14.9. The average Bonchev–Trinajstić information content (AvgIpc) is 2.86. The van der Waals surface area contributed by atoms with Gasteiger partial charge in [0.2, 0.25) is 10.0 Å². The Hall–Kier alpha value is -1.07. The van der Waals surface area contributed by atoms with Crippen LogP contribution in [0.5, 0.6) is 5.75 Å². The van der Waals surface area contributed by atoms with Gasteiger partial charge in [0.25, 0.3) is 0 Å². The normalized spacial score (nSPS) is 24.0. The summed E-state index contributed by atoms with van der Waals surface area (Å²) in [6.07, 6.45) is 5.54. The quantitative estimate of drug-likeness (QED) is 0.859. The maximum absolute atomic E-state index is 13.1. The molecule has 1 aliphatic heterocycles. The van der Waals surface area contributed by atoms with E-state index < -0.39 is 10.0 Å². The Morgan fingerprint density at radius 3 is 2.57 bits per heavy atom. The predicted octanol–water partition coefficient (Wildman–Crippen LogP) is 2.96. The SMILES string of the molecule is COc1ccc(C)cc1S(=O)(=O)N1CCCC1C1CCC1. The minimum Gasteiger partial charge on any atom is -0.495 e. The molecule has 0 radical (unpaired) electrons. The molecular weight excluding hydrogens is 286 g/mol. The lowest BCUT2D eigenvalue weighted by atomic mass is 9.79. The summed E-state index contributed by atoms with van der Waals surface area (Å²) in [5.74, 6) is 0.998. The smallest absolute Gasteiger partial charge is 0.247 e. The van der Waals surface area contributed by atoms with Crippen molar-refractivity contribution >= 4 is 10.0 Å². The summed E-state index contributed by atoms with van der Waals surface area (Å²) in [6, 6.07) is 5.54. The fraction of sp³-hybridized carbons (Fsp3) is 0.625. The number of sulfonamides is 1. The molecule has 0 N–H and O–H groups in total. The van der Waals surface area contributed by atoms with Crippen LogP contribution < -0.4 is 4.74 Å². The second-order valence-corrected chi connectivity index (χ2v) is 8.03. The molecule has 1 saturated carbocycles. The van der Waals surface area contributed by atoms with Crippen molar-refractivity contribution in [3.63, 3.8) is 0 Å². The molecule has 2 aliphatic rings. The second-order valence-electron chi connectivity index (χ2n) is 6.17. The summed E-state index contributed by atoms with van der Waals surface area (Å²) in [6.45, 7) is 2.55. The number of benzene rings is 1. The molecule has 1 saturated heterocycles. The number of nitrogens with zero attached hydrogens (tertiary/aromatic N) is 1. The van der Waals surface area contributed by atoms with Gasteiger partial charge in [0.15, 0.2) is 0 Å². The summed E-state index contributed by atoms with van der Waals surface area (Å²) < 4.78 is 33.1. The minimum absolute atomic E-state index is 0.189. The molecule has 0 spiro atoms. The van der Waals surface area contributed by atoms with Gasteiger partial charge in [-0.2, -0.15) is 4.31 Å². The zero-order chi connectivity index (χ0) is 15.0. The van der Waals surface area contributed by atoms with Crippen molar-refractivity contribution in [3.8, 4) is 5.75 Å². The molecule has 1 unspecified atom stereocenters. The third-order valence-corrected chi connectivity index (χ3v) is 6.79. The first-order chi connectivity index (χ1) is 10.0. The number of hydrogen-bond donors (Lipinski definition) is 0. The molecule has 3 rings (SSSR count). The summed E-state index contributed by atoms with van der Waals surface area (Å²) in [5.41, 5.74) is 0.939. The standard InChI is InChI=1S/C16H23NO3S/c1-12-8-9-15(20-2)16(11-12)21(18,19)17-10-4-7-14(17)13-5-3-6-13/h8-9,11,13-14H,3-7,10H2,1-2H3. The Labute approximate surface area is 127 Å². The van der Waals surface area contributed by atoms with Crippen molar-refractivity contribution in [1.82, 2.24) is 4.31 Å². The summed E-state index contributed by atoms with van der Waals surface area (Å²) in [4.78, 5) is 0.316. The number of aryl methyl sites for hydroxylation is 1. The summed E-state index contributed by atoms with van der Waals surface area (Å²) in [5, 5.41) is 0. The number of rotatable bonds is 4. The van der Waals surface area contributed by atoms with Crippen LogP contribution in [0, 0.1) is 12.8 Å². The van der Waals surface area contributed by atoms with Gasteiger partial charge >= 0.3 is 0 Å². The maximum atomic E-state index is 13.1. The highest BCUT2D eigenvalue weighted by molar-refractivity contribution is 7.89. The van der Waals surface area contributed by atoms with Crippen LogP contribution in [-0.4, -0.2) is 32.4 Å². The Balaban J connectivity index is 1.97. The minimum atomic E-state index is -3.47. The van der Waals surface area contributed by atoms with Crippen LogP contribution in [0.1, 0.15) is 37.7 Å². The highest BCUT2D eigenvalue weighted by Gasteiger charge is 2.42. The van der Waals surface area contributed by atoms with E-state index in [1.807, 2.05) is 13.0 Å². The molecule has 4 nitrogen and oxygen atoms in total. The van der Waals surface area contributed by atoms with E-state index in [-0.39, 0.29) is 6.04 Å². The zero-order valence-corrected chi connectivity index (χ0v) is 13.5. The van der Waals surface area contributed by atoms with Gasteiger partial charge in [-0.1, -0.05) is 12.5 Å². The topological polar surface area (TPSA) is 46.6 Å². The third kappa shape index (κ3) is 2.57.